The third-order valence-electron chi connectivity index (χ3n) is 6.10. The van der Waals surface area contributed by atoms with Crippen LogP contribution in [-0.4, -0.2) is 38.4 Å². The number of H-pyrrole nitrogens is 1. The van der Waals surface area contributed by atoms with Gasteiger partial charge in [0, 0.05) is 30.8 Å². The summed E-state index contributed by atoms with van der Waals surface area (Å²) in [5.41, 5.74) is 3.32. The number of aryl methyl sites for hydroxylation is 1. The minimum atomic E-state index is -3.89. The molecule has 7 nitrogen and oxygen atoms in total. The zero-order valence-electron chi connectivity index (χ0n) is 19.3. The lowest BCUT2D eigenvalue weighted by Crippen LogP contribution is -2.35. The second-order valence-corrected chi connectivity index (χ2v) is 11.1. The Bertz CT molecular complexity index is 1280. The molecular formula is C25H30N4O3S. The fraction of sp³-hybridized carbons (Fsp3) is 0.440. The number of rotatable bonds is 7. The van der Waals surface area contributed by atoms with Crippen molar-refractivity contribution >= 4 is 26.6 Å². The van der Waals surface area contributed by atoms with E-state index in [4.69, 9.17) is 4.74 Å². The average Bonchev–Trinajstić information content (AvgIpc) is 3.20. The van der Waals surface area contributed by atoms with Gasteiger partial charge in [0.15, 0.2) is 0 Å². The quantitative estimate of drug-likeness (QED) is 0.550. The van der Waals surface area contributed by atoms with Crippen LogP contribution in [0.3, 0.4) is 0 Å². The summed E-state index contributed by atoms with van der Waals surface area (Å²) in [5.74, 6) is 0.617. The van der Waals surface area contributed by atoms with Crippen LogP contribution in [0.15, 0.2) is 41.3 Å². The van der Waals surface area contributed by atoms with E-state index in [1.807, 2.05) is 32.9 Å². The van der Waals surface area contributed by atoms with E-state index in [1.54, 1.807) is 24.3 Å². The van der Waals surface area contributed by atoms with Crippen LogP contribution < -0.4 is 4.31 Å². The molecule has 8 heteroatoms. The molecule has 1 aliphatic rings. The largest absolute Gasteiger partial charge is 0.381 e. The highest BCUT2D eigenvalue weighted by Crippen LogP contribution is 2.31. The van der Waals surface area contributed by atoms with E-state index in [0.29, 0.717) is 22.7 Å². The summed E-state index contributed by atoms with van der Waals surface area (Å²) in [4.78, 5) is 0.171. The number of aromatic nitrogens is 2. The van der Waals surface area contributed by atoms with Gasteiger partial charge in [-0.05, 0) is 73.9 Å². The molecular weight excluding hydrogens is 436 g/mol. The molecule has 4 rings (SSSR count). The molecule has 1 N–H and O–H groups in total. The molecule has 3 aromatic rings. The van der Waals surface area contributed by atoms with E-state index >= 15 is 0 Å². The summed E-state index contributed by atoms with van der Waals surface area (Å²) in [7, 11) is -3.89. The molecule has 1 saturated heterocycles. The van der Waals surface area contributed by atoms with Crippen molar-refractivity contribution in [3.05, 3.63) is 53.2 Å². The first-order valence-electron chi connectivity index (χ1n) is 11.4. The molecule has 0 aliphatic carbocycles. The average molecular weight is 467 g/mol. The fourth-order valence-corrected chi connectivity index (χ4v) is 6.01. The van der Waals surface area contributed by atoms with Gasteiger partial charge in [0.25, 0.3) is 10.0 Å². The van der Waals surface area contributed by atoms with Gasteiger partial charge in [0.2, 0.25) is 0 Å². The van der Waals surface area contributed by atoms with Gasteiger partial charge in [0.1, 0.15) is 6.07 Å². The van der Waals surface area contributed by atoms with Crippen molar-refractivity contribution in [1.29, 1.82) is 5.26 Å². The van der Waals surface area contributed by atoms with E-state index in [2.05, 4.69) is 16.3 Å². The van der Waals surface area contributed by atoms with Gasteiger partial charge in [-0.1, -0.05) is 19.9 Å². The van der Waals surface area contributed by atoms with Crippen LogP contribution in [0, 0.1) is 30.1 Å². The maximum absolute atomic E-state index is 13.8. The maximum atomic E-state index is 13.8. The third-order valence-corrected chi connectivity index (χ3v) is 7.88. The lowest BCUT2D eigenvalue weighted by atomic mass is 9.94. The summed E-state index contributed by atoms with van der Waals surface area (Å²) < 4.78 is 34.3. The Kier molecular flexibility index (Phi) is 6.73. The number of sulfonamides is 1. The lowest BCUT2D eigenvalue weighted by molar-refractivity contribution is 0.0663. The SMILES string of the molecule is Cc1ccc(N(CC(C)C)S(=O)(=O)c2ccc3c(CC4CCOCC4)[nH]nc3c2)c(C#N)c1. The third kappa shape index (κ3) is 4.90. The van der Waals surface area contributed by atoms with Crippen LogP contribution in [-0.2, 0) is 21.2 Å². The molecule has 0 saturated carbocycles. The predicted molar refractivity (Wildman–Crippen MR) is 129 cm³/mol. The van der Waals surface area contributed by atoms with E-state index in [1.165, 1.54) is 4.31 Å². The number of hydrogen-bond donors (Lipinski definition) is 1. The van der Waals surface area contributed by atoms with Crippen molar-refractivity contribution in [3.8, 4) is 6.07 Å². The zero-order chi connectivity index (χ0) is 23.6. The predicted octanol–water partition coefficient (Wildman–Crippen LogP) is 4.56. The van der Waals surface area contributed by atoms with Crippen molar-refractivity contribution in [2.75, 3.05) is 24.1 Å². The zero-order valence-corrected chi connectivity index (χ0v) is 20.2. The van der Waals surface area contributed by atoms with Gasteiger partial charge in [-0.3, -0.25) is 9.40 Å². The van der Waals surface area contributed by atoms with Crippen LogP contribution in [0.4, 0.5) is 5.69 Å². The van der Waals surface area contributed by atoms with E-state index in [9.17, 15) is 13.7 Å². The summed E-state index contributed by atoms with van der Waals surface area (Å²) in [6.45, 7) is 7.65. The van der Waals surface area contributed by atoms with Crippen LogP contribution in [0.2, 0.25) is 0 Å². The number of nitrogens with zero attached hydrogens (tertiary/aromatic N) is 3. The van der Waals surface area contributed by atoms with Gasteiger partial charge in [-0.2, -0.15) is 10.4 Å². The number of aromatic amines is 1. The fourth-order valence-electron chi connectivity index (χ4n) is 4.34. The van der Waals surface area contributed by atoms with Crippen molar-refractivity contribution < 1.29 is 13.2 Å². The Labute approximate surface area is 195 Å². The maximum Gasteiger partial charge on any atom is 0.264 e. The summed E-state index contributed by atoms with van der Waals surface area (Å²) in [5, 5.41) is 18.1. The van der Waals surface area contributed by atoms with Crippen LogP contribution >= 0.6 is 0 Å². The van der Waals surface area contributed by atoms with Crippen LogP contribution in [0.1, 0.15) is 43.5 Å². The van der Waals surface area contributed by atoms with Gasteiger partial charge in [-0.15, -0.1) is 0 Å². The first kappa shape index (κ1) is 23.3. The first-order valence-corrected chi connectivity index (χ1v) is 12.8. The Hall–Kier alpha value is -2.89. The number of anilines is 1. The molecule has 174 valence electrons. The van der Waals surface area contributed by atoms with Gasteiger partial charge in [0.05, 0.1) is 21.7 Å². The summed E-state index contributed by atoms with van der Waals surface area (Å²) in [6, 6.07) is 12.5. The van der Waals surface area contributed by atoms with Crippen molar-refractivity contribution in [3.63, 3.8) is 0 Å². The van der Waals surface area contributed by atoms with Crippen molar-refractivity contribution in [2.24, 2.45) is 11.8 Å². The molecule has 33 heavy (non-hydrogen) atoms. The van der Waals surface area contributed by atoms with Crippen molar-refractivity contribution in [2.45, 2.75) is 44.9 Å². The number of hydrogen-bond acceptors (Lipinski definition) is 5. The number of nitrogens with one attached hydrogen (secondary N) is 1. The molecule has 1 fully saturated rings. The Morgan fingerprint density at radius 3 is 2.67 bits per heavy atom. The second kappa shape index (κ2) is 9.54. The smallest absolute Gasteiger partial charge is 0.264 e. The molecule has 0 unspecified atom stereocenters. The van der Waals surface area contributed by atoms with Crippen LogP contribution in [0.25, 0.3) is 10.9 Å². The Morgan fingerprint density at radius 2 is 1.97 bits per heavy atom. The number of fused-ring (bicyclic) bond motifs is 1. The lowest BCUT2D eigenvalue weighted by Gasteiger charge is -2.27. The molecule has 0 spiro atoms. The standard InChI is InChI=1S/C25H30N4O3S/c1-17(2)16-29(25-7-4-18(3)12-20(25)15-26)33(30,31)21-5-6-22-23(27-28-24(22)14-21)13-19-8-10-32-11-9-19/h4-7,12,14,17,19H,8-11,13,16H2,1-3H3,(H,27,28). The van der Waals surface area contributed by atoms with Gasteiger partial charge < -0.3 is 4.74 Å². The monoisotopic (exact) mass is 466 g/mol. The van der Waals surface area contributed by atoms with Gasteiger partial charge in [-0.25, -0.2) is 8.42 Å². The molecule has 1 aliphatic heterocycles. The Morgan fingerprint density at radius 1 is 1.21 bits per heavy atom. The highest BCUT2D eigenvalue weighted by Gasteiger charge is 2.28. The molecule has 0 radical (unpaired) electrons. The topological polar surface area (TPSA) is 99.1 Å². The van der Waals surface area contributed by atoms with Crippen LogP contribution in [0.5, 0.6) is 0 Å². The molecule has 1 aromatic heterocycles. The molecule has 0 atom stereocenters. The van der Waals surface area contributed by atoms with E-state index in [0.717, 1.165) is 49.1 Å². The molecule has 0 bridgehead atoms. The van der Waals surface area contributed by atoms with Gasteiger partial charge >= 0.3 is 0 Å². The number of benzene rings is 2. The normalized spacial score (nSPS) is 15.1. The number of nitriles is 1. The highest BCUT2D eigenvalue weighted by molar-refractivity contribution is 7.92. The molecule has 2 aromatic carbocycles. The van der Waals surface area contributed by atoms with E-state index in [-0.39, 0.29) is 17.4 Å². The number of ether oxygens (including phenoxy) is 1. The second-order valence-electron chi connectivity index (χ2n) is 9.20. The first-order chi connectivity index (χ1) is 15.8. The molecule has 2 heterocycles. The minimum Gasteiger partial charge on any atom is -0.381 e. The summed E-state index contributed by atoms with van der Waals surface area (Å²) in [6.07, 6.45) is 2.92. The van der Waals surface area contributed by atoms with Crippen molar-refractivity contribution in [1.82, 2.24) is 10.2 Å². The molecule has 0 amide bonds. The van der Waals surface area contributed by atoms with E-state index < -0.39 is 10.0 Å². The minimum absolute atomic E-state index is 0.0767. The highest BCUT2D eigenvalue weighted by atomic mass is 32.2. The summed E-state index contributed by atoms with van der Waals surface area (Å²) >= 11 is 0. The Balaban J connectivity index is 1.71.